The largest absolute Gasteiger partial charge is 0.481 e. The van der Waals surface area contributed by atoms with E-state index in [9.17, 15) is 18.8 Å². The minimum Gasteiger partial charge on any atom is -0.481 e. The Labute approximate surface area is 177 Å². The molecule has 2 aromatic carbocycles. The standard InChI is InChI=1S/C22H22FN3O5/c1-25(31-2)21(29)14-7-12-17-18(13-14)24-19(5-3-4-6-20(27)28)26(22(17)30)16-10-8-15(23)9-11-16/h7-13H,3-6H2,1-2H3,(H,27,28). The minimum absolute atomic E-state index is 0.0103. The van der Waals surface area contributed by atoms with Crippen LogP contribution >= 0.6 is 0 Å². The van der Waals surface area contributed by atoms with Crippen molar-refractivity contribution in [2.24, 2.45) is 0 Å². The molecule has 31 heavy (non-hydrogen) atoms. The Kier molecular flexibility index (Phi) is 6.76. The van der Waals surface area contributed by atoms with Crippen molar-refractivity contribution in [3.8, 4) is 5.69 Å². The Balaban J connectivity index is 2.10. The van der Waals surface area contributed by atoms with E-state index in [4.69, 9.17) is 9.94 Å². The Morgan fingerprint density at radius 3 is 2.52 bits per heavy atom. The summed E-state index contributed by atoms with van der Waals surface area (Å²) in [5.74, 6) is -1.32. The van der Waals surface area contributed by atoms with Gasteiger partial charge in [-0.3, -0.25) is 23.8 Å². The molecular formula is C22H22FN3O5. The summed E-state index contributed by atoms with van der Waals surface area (Å²) in [6.45, 7) is 0. The van der Waals surface area contributed by atoms with Crippen LogP contribution in [0.4, 0.5) is 4.39 Å². The second kappa shape index (κ2) is 9.48. The number of carbonyl (C=O) groups excluding carboxylic acids is 1. The number of benzene rings is 2. The smallest absolute Gasteiger partial charge is 0.303 e. The third-order valence-electron chi connectivity index (χ3n) is 4.87. The first-order valence-corrected chi connectivity index (χ1v) is 9.67. The van der Waals surface area contributed by atoms with Crippen molar-refractivity contribution in [3.05, 3.63) is 70.0 Å². The van der Waals surface area contributed by atoms with Gasteiger partial charge in [-0.2, -0.15) is 0 Å². The van der Waals surface area contributed by atoms with Crippen LogP contribution in [0, 0.1) is 5.82 Å². The maximum atomic E-state index is 13.4. The van der Waals surface area contributed by atoms with Crippen LogP contribution in [0.3, 0.4) is 0 Å². The first kappa shape index (κ1) is 22.1. The maximum Gasteiger partial charge on any atom is 0.303 e. The van der Waals surface area contributed by atoms with Gasteiger partial charge in [-0.25, -0.2) is 14.4 Å². The second-order valence-electron chi connectivity index (χ2n) is 6.96. The second-order valence-corrected chi connectivity index (χ2v) is 6.96. The molecular weight excluding hydrogens is 405 g/mol. The number of hydroxylamine groups is 2. The summed E-state index contributed by atoms with van der Waals surface area (Å²) in [7, 11) is 2.84. The van der Waals surface area contributed by atoms with E-state index in [1.165, 1.54) is 61.2 Å². The number of amides is 1. The molecule has 0 atom stereocenters. The lowest BCUT2D eigenvalue weighted by Crippen LogP contribution is -2.26. The molecule has 0 aliphatic heterocycles. The summed E-state index contributed by atoms with van der Waals surface area (Å²) < 4.78 is 14.8. The van der Waals surface area contributed by atoms with E-state index in [0.717, 1.165) is 5.06 Å². The number of fused-ring (bicyclic) bond motifs is 1. The van der Waals surface area contributed by atoms with Gasteiger partial charge in [-0.15, -0.1) is 0 Å². The van der Waals surface area contributed by atoms with Crippen LogP contribution < -0.4 is 5.56 Å². The fraction of sp³-hybridized carbons (Fsp3) is 0.273. The van der Waals surface area contributed by atoms with Gasteiger partial charge in [0.2, 0.25) is 0 Å². The highest BCUT2D eigenvalue weighted by Crippen LogP contribution is 2.18. The predicted molar refractivity (Wildman–Crippen MR) is 112 cm³/mol. The van der Waals surface area contributed by atoms with Crippen molar-refractivity contribution in [1.29, 1.82) is 0 Å². The number of carboxylic acids is 1. The van der Waals surface area contributed by atoms with Gasteiger partial charge in [0, 0.05) is 25.5 Å². The number of hydrogen-bond donors (Lipinski definition) is 1. The van der Waals surface area contributed by atoms with Crippen LogP contribution in [0.15, 0.2) is 47.3 Å². The summed E-state index contributed by atoms with van der Waals surface area (Å²) in [5.41, 5.74) is 0.740. The van der Waals surface area contributed by atoms with Gasteiger partial charge in [0.05, 0.1) is 23.7 Å². The molecule has 8 nitrogen and oxygen atoms in total. The average molecular weight is 427 g/mol. The summed E-state index contributed by atoms with van der Waals surface area (Å²) >= 11 is 0. The average Bonchev–Trinajstić information content (AvgIpc) is 2.76. The van der Waals surface area contributed by atoms with Crippen molar-refractivity contribution in [3.63, 3.8) is 0 Å². The third-order valence-corrected chi connectivity index (χ3v) is 4.87. The highest BCUT2D eigenvalue weighted by Gasteiger charge is 2.17. The summed E-state index contributed by atoms with van der Waals surface area (Å²) in [5, 5.41) is 10.2. The molecule has 1 heterocycles. The highest BCUT2D eigenvalue weighted by molar-refractivity contribution is 5.97. The minimum atomic E-state index is -0.896. The quantitative estimate of drug-likeness (QED) is 0.438. The van der Waals surface area contributed by atoms with E-state index >= 15 is 0 Å². The van der Waals surface area contributed by atoms with Crippen molar-refractivity contribution < 1.29 is 23.9 Å². The normalized spacial score (nSPS) is 10.9. The maximum absolute atomic E-state index is 13.4. The van der Waals surface area contributed by atoms with E-state index in [0.29, 0.717) is 47.2 Å². The van der Waals surface area contributed by atoms with E-state index in [1.807, 2.05) is 0 Å². The summed E-state index contributed by atoms with van der Waals surface area (Å²) in [6, 6.07) is 10.0. The number of carboxylic acid groups (broad SMARTS) is 1. The number of hydrogen-bond acceptors (Lipinski definition) is 5. The van der Waals surface area contributed by atoms with E-state index < -0.39 is 17.7 Å². The van der Waals surface area contributed by atoms with Crippen LogP contribution in [0.5, 0.6) is 0 Å². The van der Waals surface area contributed by atoms with Crippen LogP contribution in [-0.4, -0.2) is 45.8 Å². The SMILES string of the molecule is CON(C)C(=O)c1ccc2c(=O)n(-c3ccc(F)cc3)c(CCCCC(=O)O)nc2c1. The molecule has 0 saturated carbocycles. The lowest BCUT2D eigenvalue weighted by molar-refractivity contribution is -0.137. The van der Waals surface area contributed by atoms with E-state index in [-0.39, 0.29) is 12.0 Å². The molecule has 162 valence electrons. The number of aliphatic carboxylic acids is 1. The fourth-order valence-corrected chi connectivity index (χ4v) is 3.21. The van der Waals surface area contributed by atoms with Gasteiger partial charge in [0.25, 0.3) is 11.5 Å². The number of halogens is 1. The Morgan fingerprint density at radius 2 is 1.87 bits per heavy atom. The Bertz CT molecular complexity index is 1170. The monoisotopic (exact) mass is 427 g/mol. The molecule has 0 unspecified atom stereocenters. The van der Waals surface area contributed by atoms with Crippen molar-refractivity contribution in [2.75, 3.05) is 14.2 Å². The first-order valence-electron chi connectivity index (χ1n) is 9.67. The van der Waals surface area contributed by atoms with Crippen molar-refractivity contribution in [2.45, 2.75) is 25.7 Å². The summed E-state index contributed by atoms with van der Waals surface area (Å²) in [6.07, 6.45) is 1.27. The molecule has 1 aromatic heterocycles. The lowest BCUT2D eigenvalue weighted by Gasteiger charge is -2.16. The molecule has 0 saturated heterocycles. The molecule has 0 aliphatic rings. The van der Waals surface area contributed by atoms with Crippen LogP contribution in [0.25, 0.3) is 16.6 Å². The van der Waals surface area contributed by atoms with Crippen molar-refractivity contribution >= 4 is 22.8 Å². The van der Waals surface area contributed by atoms with Crippen LogP contribution in [0.1, 0.15) is 35.4 Å². The lowest BCUT2D eigenvalue weighted by atomic mass is 10.1. The Hall–Kier alpha value is -3.59. The van der Waals surface area contributed by atoms with Gasteiger partial charge < -0.3 is 5.11 Å². The van der Waals surface area contributed by atoms with Gasteiger partial charge in [-0.1, -0.05) is 0 Å². The number of aryl methyl sites for hydroxylation is 1. The molecule has 0 fully saturated rings. The number of rotatable bonds is 8. The summed E-state index contributed by atoms with van der Waals surface area (Å²) in [4.78, 5) is 45.9. The number of aromatic nitrogens is 2. The van der Waals surface area contributed by atoms with E-state index in [1.54, 1.807) is 0 Å². The first-order chi connectivity index (χ1) is 14.8. The van der Waals surface area contributed by atoms with Gasteiger partial charge in [0.15, 0.2) is 0 Å². The van der Waals surface area contributed by atoms with E-state index in [2.05, 4.69) is 4.98 Å². The zero-order valence-electron chi connectivity index (χ0n) is 17.2. The molecule has 9 heteroatoms. The van der Waals surface area contributed by atoms with Crippen LogP contribution in [0.2, 0.25) is 0 Å². The fourth-order valence-electron chi connectivity index (χ4n) is 3.21. The third kappa shape index (κ3) is 4.95. The molecule has 3 rings (SSSR count). The predicted octanol–water partition coefficient (Wildman–Crippen LogP) is 2.96. The molecule has 1 N–H and O–H groups in total. The molecule has 0 spiro atoms. The van der Waals surface area contributed by atoms with Gasteiger partial charge >= 0.3 is 5.97 Å². The van der Waals surface area contributed by atoms with Crippen LogP contribution in [-0.2, 0) is 16.1 Å². The molecule has 0 bridgehead atoms. The Morgan fingerprint density at radius 1 is 1.16 bits per heavy atom. The zero-order chi connectivity index (χ0) is 22.5. The molecule has 1 amide bonds. The van der Waals surface area contributed by atoms with Gasteiger partial charge in [-0.05, 0) is 55.3 Å². The molecule has 0 radical (unpaired) electrons. The number of carbonyl (C=O) groups is 2. The highest BCUT2D eigenvalue weighted by atomic mass is 19.1. The molecule has 3 aromatic rings. The van der Waals surface area contributed by atoms with Gasteiger partial charge in [0.1, 0.15) is 11.6 Å². The number of unbranched alkanes of at least 4 members (excludes halogenated alkanes) is 1. The topological polar surface area (TPSA) is 102 Å². The van der Waals surface area contributed by atoms with Crippen molar-refractivity contribution in [1.82, 2.24) is 14.6 Å². The molecule has 0 aliphatic carbocycles. The zero-order valence-corrected chi connectivity index (χ0v) is 17.2. The number of nitrogens with zero attached hydrogens (tertiary/aromatic N) is 3.